The Morgan fingerprint density at radius 3 is 2.63 bits per heavy atom. The minimum Gasteiger partial charge on any atom is -0.389 e. The minimum atomic E-state index is -0.594. The van der Waals surface area contributed by atoms with Crippen LogP contribution in [0.15, 0.2) is 24.3 Å². The zero-order valence-electron chi connectivity index (χ0n) is 11.6. The van der Waals surface area contributed by atoms with Gasteiger partial charge in [-0.1, -0.05) is 18.2 Å². The SMILES string of the molecule is CN1CCC(O)(Cc2nn(C)c3ccccc23)CC1. The summed E-state index contributed by atoms with van der Waals surface area (Å²) in [4.78, 5) is 2.27. The summed E-state index contributed by atoms with van der Waals surface area (Å²) in [6.45, 7) is 1.92. The highest BCUT2D eigenvalue weighted by atomic mass is 16.3. The molecule has 1 aromatic carbocycles. The molecular formula is C15H21N3O. The topological polar surface area (TPSA) is 41.3 Å². The number of hydrogen-bond acceptors (Lipinski definition) is 3. The number of piperidine rings is 1. The number of hydrogen-bond donors (Lipinski definition) is 1. The largest absolute Gasteiger partial charge is 0.389 e. The molecule has 19 heavy (non-hydrogen) atoms. The summed E-state index contributed by atoms with van der Waals surface area (Å²) in [5.41, 5.74) is 1.56. The molecule has 2 heterocycles. The van der Waals surface area contributed by atoms with Gasteiger partial charge in [0.1, 0.15) is 0 Å². The van der Waals surface area contributed by atoms with Crippen LogP contribution >= 0.6 is 0 Å². The van der Waals surface area contributed by atoms with Gasteiger partial charge >= 0.3 is 0 Å². The molecule has 1 fully saturated rings. The number of benzene rings is 1. The Balaban J connectivity index is 1.89. The van der Waals surface area contributed by atoms with Gasteiger partial charge in [0.25, 0.3) is 0 Å². The van der Waals surface area contributed by atoms with Crippen LogP contribution in [0.25, 0.3) is 10.9 Å². The highest BCUT2D eigenvalue weighted by molar-refractivity contribution is 5.81. The lowest BCUT2D eigenvalue weighted by Gasteiger charge is -2.36. The van der Waals surface area contributed by atoms with Gasteiger partial charge in [-0.15, -0.1) is 0 Å². The molecule has 1 aliphatic heterocycles. The molecular weight excluding hydrogens is 238 g/mol. The number of nitrogens with zero attached hydrogens (tertiary/aromatic N) is 3. The second kappa shape index (κ2) is 4.62. The van der Waals surface area contributed by atoms with Gasteiger partial charge in [-0.05, 0) is 26.0 Å². The Hall–Kier alpha value is -1.39. The number of aliphatic hydroxyl groups is 1. The van der Waals surface area contributed by atoms with Crippen LogP contribution in [-0.2, 0) is 13.5 Å². The summed E-state index contributed by atoms with van der Waals surface area (Å²) in [6.07, 6.45) is 2.31. The first-order valence-electron chi connectivity index (χ1n) is 6.89. The average molecular weight is 259 g/mol. The van der Waals surface area contributed by atoms with E-state index >= 15 is 0 Å². The lowest BCUT2D eigenvalue weighted by molar-refractivity contribution is -0.0155. The quantitative estimate of drug-likeness (QED) is 0.890. The zero-order valence-corrected chi connectivity index (χ0v) is 11.6. The Kier molecular flexibility index (Phi) is 3.07. The zero-order chi connectivity index (χ0) is 13.5. The number of aryl methyl sites for hydroxylation is 1. The lowest BCUT2D eigenvalue weighted by Crippen LogP contribution is -2.44. The van der Waals surface area contributed by atoms with Crippen molar-refractivity contribution < 1.29 is 5.11 Å². The standard InChI is InChI=1S/C15H21N3O/c1-17-9-7-15(19,8-10-17)11-13-12-5-3-4-6-14(12)18(2)16-13/h3-6,19H,7-11H2,1-2H3. The van der Waals surface area contributed by atoms with E-state index in [2.05, 4.69) is 29.2 Å². The molecule has 1 aromatic heterocycles. The molecule has 1 N–H and O–H groups in total. The Morgan fingerprint density at radius 1 is 1.21 bits per heavy atom. The smallest absolute Gasteiger partial charge is 0.0731 e. The fourth-order valence-electron chi connectivity index (χ4n) is 2.94. The molecule has 1 aliphatic rings. The predicted octanol–water partition coefficient (Wildman–Crippen LogP) is 1.57. The molecule has 0 saturated carbocycles. The number of aromatic nitrogens is 2. The maximum atomic E-state index is 10.7. The van der Waals surface area contributed by atoms with Gasteiger partial charge < -0.3 is 10.0 Å². The summed E-state index contributed by atoms with van der Waals surface area (Å²) in [6, 6.07) is 8.23. The molecule has 0 amide bonds. The fourth-order valence-corrected chi connectivity index (χ4v) is 2.94. The first-order valence-corrected chi connectivity index (χ1v) is 6.89. The van der Waals surface area contributed by atoms with Crippen molar-refractivity contribution in [2.24, 2.45) is 7.05 Å². The molecule has 1 saturated heterocycles. The number of fused-ring (bicyclic) bond motifs is 1. The summed E-state index contributed by atoms with van der Waals surface area (Å²) in [7, 11) is 4.07. The average Bonchev–Trinajstić information content (AvgIpc) is 2.71. The van der Waals surface area contributed by atoms with E-state index in [1.807, 2.05) is 23.9 Å². The van der Waals surface area contributed by atoms with Crippen LogP contribution in [0, 0.1) is 0 Å². The first-order chi connectivity index (χ1) is 9.07. The van der Waals surface area contributed by atoms with Crippen LogP contribution < -0.4 is 0 Å². The van der Waals surface area contributed by atoms with Crippen LogP contribution in [0.4, 0.5) is 0 Å². The molecule has 4 heteroatoms. The summed E-state index contributed by atoms with van der Waals surface area (Å²) in [5, 5.41) is 16.5. The van der Waals surface area contributed by atoms with E-state index in [0.29, 0.717) is 6.42 Å². The molecule has 2 aromatic rings. The lowest BCUT2D eigenvalue weighted by atomic mass is 9.86. The van der Waals surface area contributed by atoms with Crippen molar-refractivity contribution in [2.45, 2.75) is 24.9 Å². The van der Waals surface area contributed by atoms with Gasteiger partial charge in [-0.25, -0.2) is 0 Å². The van der Waals surface area contributed by atoms with Gasteiger partial charge in [0.15, 0.2) is 0 Å². The highest BCUT2D eigenvalue weighted by Gasteiger charge is 2.32. The Bertz CT molecular complexity index is 582. The van der Waals surface area contributed by atoms with Gasteiger partial charge in [-0.3, -0.25) is 4.68 Å². The van der Waals surface area contributed by atoms with E-state index in [9.17, 15) is 5.11 Å². The molecule has 0 bridgehead atoms. The van der Waals surface area contributed by atoms with Crippen molar-refractivity contribution in [3.8, 4) is 0 Å². The molecule has 102 valence electrons. The molecule has 4 nitrogen and oxygen atoms in total. The third kappa shape index (κ3) is 2.38. The number of likely N-dealkylation sites (tertiary alicyclic amines) is 1. The number of para-hydroxylation sites is 1. The van der Waals surface area contributed by atoms with Crippen LogP contribution in [-0.4, -0.2) is 45.5 Å². The summed E-state index contributed by atoms with van der Waals surface area (Å²) < 4.78 is 1.91. The van der Waals surface area contributed by atoms with Crippen LogP contribution in [0.1, 0.15) is 18.5 Å². The molecule has 0 atom stereocenters. The van der Waals surface area contributed by atoms with E-state index in [1.54, 1.807) is 0 Å². The third-order valence-corrected chi connectivity index (χ3v) is 4.25. The van der Waals surface area contributed by atoms with Crippen LogP contribution in [0.2, 0.25) is 0 Å². The summed E-state index contributed by atoms with van der Waals surface area (Å²) >= 11 is 0. The predicted molar refractivity (Wildman–Crippen MR) is 76.1 cm³/mol. The molecule has 0 spiro atoms. The fraction of sp³-hybridized carbons (Fsp3) is 0.533. The molecule has 3 rings (SSSR count). The highest BCUT2D eigenvalue weighted by Crippen LogP contribution is 2.28. The van der Waals surface area contributed by atoms with Crippen molar-refractivity contribution >= 4 is 10.9 Å². The minimum absolute atomic E-state index is 0.594. The van der Waals surface area contributed by atoms with E-state index in [-0.39, 0.29) is 0 Å². The van der Waals surface area contributed by atoms with E-state index < -0.39 is 5.60 Å². The maximum Gasteiger partial charge on any atom is 0.0731 e. The summed E-state index contributed by atoms with van der Waals surface area (Å²) in [5.74, 6) is 0. The van der Waals surface area contributed by atoms with Crippen LogP contribution in [0.5, 0.6) is 0 Å². The van der Waals surface area contributed by atoms with Crippen molar-refractivity contribution in [3.63, 3.8) is 0 Å². The van der Waals surface area contributed by atoms with E-state index in [4.69, 9.17) is 0 Å². The van der Waals surface area contributed by atoms with Crippen molar-refractivity contribution in [2.75, 3.05) is 20.1 Å². The maximum absolute atomic E-state index is 10.7. The monoisotopic (exact) mass is 259 g/mol. The molecule has 0 unspecified atom stereocenters. The van der Waals surface area contributed by atoms with Gasteiger partial charge in [0.2, 0.25) is 0 Å². The van der Waals surface area contributed by atoms with Crippen molar-refractivity contribution in [1.29, 1.82) is 0 Å². The van der Waals surface area contributed by atoms with Crippen molar-refractivity contribution in [3.05, 3.63) is 30.0 Å². The van der Waals surface area contributed by atoms with Gasteiger partial charge in [-0.2, -0.15) is 5.10 Å². The Morgan fingerprint density at radius 2 is 1.89 bits per heavy atom. The molecule has 0 radical (unpaired) electrons. The second-order valence-electron chi connectivity index (χ2n) is 5.79. The first kappa shape index (κ1) is 12.6. The normalized spacial score (nSPS) is 19.9. The van der Waals surface area contributed by atoms with E-state index in [1.165, 1.54) is 0 Å². The number of rotatable bonds is 2. The van der Waals surface area contributed by atoms with Crippen molar-refractivity contribution in [1.82, 2.24) is 14.7 Å². The van der Waals surface area contributed by atoms with Crippen LogP contribution in [0.3, 0.4) is 0 Å². The second-order valence-corrected chi connectivity index (χ2v) is 5.79. The Labute approximate surface area is 113 Å². The van der Waals surface area contributed by atoms with Gasteiger partial charge in [0.05, 0.1) is 16.8 Å². The third-order valence-electron chi connectivity index (χ3n) is 4.25. The van der Waals surface area contributed by atoms with E-state index in [0.717, 1.165) is 42.5 Å². The molecule has 0 aliphatic carbocycles. The van der Waals surface area contributed by atoms with Gasteiger partial charge in [0, 0.05) is 31.9 Å².